The number of rotatable bonds is 7. The van der Waals surface area contributed by atoms with Crippen LogP contribution in [0.5, 0.6) is 0 Å². The van der Waals surface area contributed by atoms with Gasteiger partial charge in [0.1, 0.15) is 0 Å². The van der Waals surface area contributed by atoms with Crippen LogP contribution in [0.4, 0.5) is 5.69 Å². The topological polar surface area (TPSA) is 92.8 Å². The van der Waals surface area contributed by atoms with E-state index in [4.69, 9.17) is 27.9 Å². The molecule has 10 heteroatoms. The minimum atomic E-state index is -3.57. The number of anilines is 1. The van der Waals surface area contributed by atoms with Crippen LogP contribution in [-0.4, -0.2) is 44.3 Å². The van der Waals surface area contributed by atoms with Gasteiger partial charge in [-0.2, -0.15) is 0 Å². The van der Waals surface area contributed by atoms with Gasteiger partial charge in [-0.05, 0) is 61.7 Å². The van der Waals surface area contributed by atoms with Gasteiger partial charge in [-0.3, -0.25) is 4.79 Å². The smallest absolute Gasteiger partial charge is 0.338 e. The molecule has 0 aliphatic carbocycles. The van der Waals surface area contributed by atoms with Crippen LogP contribution in [0.25, 0.3) is 0 Å². The Morgan fingerprint density at radius 2 is 1.75 bits per heavy atom. The summed E-state index contributed by atoms with van der Waals surface area (Å²) in [7, 11) is -3.57. The average Bonchev–Trinajstić information content (AvgIpc) is 2.76. The first-order valence-corrected chi connectivity index (χ1v) is 12.6. The summed E-state index contributed by atoms with van der Waals surface area (Å²) in [6.45, 7) is 2.54. The highest BCUT2D eigenvalue weighted by Crippen LogP contribution is 2.27. The molecular formula is C22H24Cl2N2O5S. The molecule has 0 unspecified atom stereocenters. The number of carbonyl (C=O) groups excluding carboxylic acids is 2. The Labute approximate surface area is 197 Å². The zero-order chi connectivity index (χ0) is 23.3. The zero-order valence-electron chi connectivity index (χ0n) is 17.5. The third kappa shape index (κ3) is 6.22. The molecule has 0 atom stereocenters. The van der Waals surface area contributed by atoms with E-state index in [1.54, 1.807) is 43.3 Å². The van der Waals surface area contributed by atoms with Crippen molar-refractivity contribution in [2.75, 3.05) is 25.0 Å². The van der Waals surface area contributed by atoms with Gasteiger partial charge in [0, 0.05) is 34.7 Å². The molecule has 1 N–H and O–H groups in total. The van der Waals surface area contributed by atoms with Gasteiger partial charge >= 0.3 is 5.97 Å². The van der Waals surface area contributed by atoms with Crippen LogP contribution in [0.1, 0.15) is 35.7 Å². The summed E-state index contributed by atoms with van der Waals surface area (Å²) in [6.07, 6.45) is 0.834. The second kappa shape index (κ2) is 10.7. The van der Waals surface area contributed by atoms with E-state index in [1.807, 2.05) is 0 Å². The van der Waals surface area contributed by atoms with Crippen LogP contribution >= 0.6 is 23.2 Å². The number of hydrogen-bond acceptors (Lipinski definition) is 5. The average molecular weight is 499 g/mol. The lowest BCUT2D eigenvalue weighted by Gasteiger charge is -2.30. The van der Waals surface area contributed by atoms with Crippen LogP contribution in [0.15, 0.2) is 42.5 Å². The largest absolute Gasteiger partial charge is 0.462 e. The van der Waals surface area contributed by atoms with Crippen molar-refractivity contribution < 1.29 is 22.7 Å². The third-order valence-corrected chi connectivity index (χ3v) is 7.65. The summed E-state index contributed by atoms with van der Waals surface area (Å²) in [6, 6.07) is 11.2. The van der Waals surface area contributed by atoms with Crippen LogP contribution in [0.3, 0.4) is 0 Å². The number of piperidine rings is 1. The van der Waals surface area contributed by atoms with Gasteiger partial charge in [0.25, 0.3) is 0 Å². The van der Waals surface area contributed by atoms with E-state index >= 15 is 0 Å². The van der Waals surface area contributed by atoms with Crippen molar-refractivity contribution in [2.45, 2.75) is 25.5 Å². The predicted octanol–water partition coefficient (Wildman–Crippen LogP) is 4.35. The number of sulfonamides is 1. The van der Waals surface area contributed by atoms with Crippen molar-refractivity contribution >= 4 is 50.8 Å². The standard InChI is InChI=1S/C22H24Cl2N2O5S/c1-2-31-22(28)16-4-7-19(8-5-16)25-21(27)15-9-11-26(12-10-15)32(29,30)14-17-3-6-18(23)13-20(17)24/h3-8,13,15H,2,9-12,14H2,1H3,(H,25,27). The molecule has 172 valence electrons. The molecule has 2 aromatic rings. The highest BCUT2D eigenvalue weighted by molar-refractivity contribution is 7.88. The van der Waals surface area contributed by atoms with Gasteiger partial charge in [0.2, 0.25) is 15.9 Å². The van der Waals surface area contributed by atoms with Gasteiger partial charge in [0.15, 0.2) is 0 Å². The number of amides is 1. The second-order valence-corrected chi connectivity index (χ2v) is 10.3. The number of benzene rings is 2. The fourth-order valence-electron chi connectivity index (χ4n) is 3.47. The Hall–Kier alpha value is -2.13. The maximum atomic E-state index is 12.8. The Morgan fingerprint density at radius 1 is 1.09 bits per heavy atom. The van der Waals surface area contributed by atoms with Crippen LogP contribution in [0, 0.1) is 5.92 Å². The van der Waals surface area contributed by atoms with E-state index in [-0.39, 0.29) is 30.7 Å². The molecule has 2 aromatic carbocycles. The van der Waals surface area contributed by atoms with Gasteiger partial charge in [-0.25, -0.2) is 17.5 Å². The number of halogens is 2. The van der Waals surface area contributed by atoms with E-state index < -0.39 is 16.0 Å². The van der Waals surface area contributed by atoms with Crippen LogP contribution < -0.4 is 5.32 Å². The summed E-state index contributed by atoms with van der Waals surface area (Å²) in [5, 5.41) is 3.58. The normalized spacial score (nSPS) is 15.3. The molecular weight excluding hydrogens is 475 g/mol. The summed E-state index contributed by atoms with van der Waals surface area (Å²) in [5.41, 5.74) is 1.46. The Morgan fingerprint density at radius 3 is 2.34 bits per heavy atom. The van der Waals surface area contributed by atoms with Crippen molar-refractivity contribution in [3.05, 3.63) is 63.6 Å². The summed E-state index contributed by atoms with van der Waals surface area (Å²) in [5.74, 6) is -1.11. The molecule has 1 saturated heterocycles. The van der Waals surface area contributed by atoms with Crippen molar-refractivity contribution in [1.82, 2.24) is 4.31 Å². The minimum absolute atomic E-state index is 0.174. The maximum Gasteiger partial charge on any atom is 0.338 e. The lowest BCUT2D eigenvalue weighted by molar-refractivity contribution is -0.120. The molecule has 32 heavy (non-hydrogen) atoms. The fourth-order valence-corrected chi connectivity index (χ4v) is 5.62. The molecule has 1 aliphatic heterocycles. The maximum absolute atomic E-state index is 12.8. The number of nitrogens with one attached hydrogen (secondary N) is 1. The molecule has 3 rings (SSSR count). The molecule has 1 amide bonds. The van der Waals surface area contributed by atoms with E-state index in [0.717, 1.165) is 0 Å². The molecule has 0 aromatic heterocycles. The molecule has 1 aliphatic rings. The zero-order valence-corrected chi connectivity index (χ0v) is 19.8. The first-order chi connectivity index (χ1) is 15.2. The van der Waals surface area contributed by atoms with Gasteiger partial charge in [-0.15, -0.1) is 0 Å². The SMILES string of the molecule is CCOC(=O)c1ccc(NC(=O)C2CCN(S(=O)(=O)Cc3ccc(Cl)cc3Cl)CC2)cc1. The molecule has 1 heterocycles. The molecule has 0 saturated carbocycles. The number of hydrogen-bond donors (Lipinski definition) is 1. The van der Waals surface area contributed by atoms with Gasteiger partial charge < -0.3 is 10.1 Å². The van der Waals surface area contributed by atoms with Gasteiger partial charge in [0.05, 0.1) is 17.9 Å². The number of ether oxygens (including phenoxy) is 1. The lowest BCUT2D eigenvalue weighted by Crippen LogP contribution is -2.41. The molecule has 0 bridgehead atoms. The summed E-state index contributed by atoms with van der Waals surface area (Å²) >= 11 is 12.0. The monoisotopic (exact) mass is 498 g/mol. The van der Waals surface area contributed by atoms with E-state index in [9.17, 15) is 18.0 Å². The highest BCUT2D eigenvalue weighted by atomic mass is 35.5. The van der Waals surface area contributed by atoms with Crippen molar-refractivity contribution in [2.24, 2.45) is 5.92 Å². The second-order valence-electron chi connectivity index (χ2n) is 7.45. The van der Waals surface area contributed by atoms with Crippen molar-refractivity contribution in [3.63, 3.8) is 0 Å². The van der Waals surface area contributed by atoms with E-state index in [0.29, 0.717) is 46.3 Å². The Kier molecular flexibility index (Phi) is 8.16. The third-order valence-electron chi connectivity index (χ3n) is 5.23. The summed E-state index contributed by atoms with van der Waals surface area (Å²) < 4.78 is 31.9. The van der Waals surface area contributed by atoms with Crippen LogP contribution in [-0.2, 0) is 25.3 Å². The Balaban J connectivity index is 1.54. The predicted molar refractivity (Wildman–Crippen MR) is 124 cm³/mol. The lowest BCUT2D eigenvalue weighted by atomic mass is 9.97. The highest BCUT2D eigenvalue weighted by Gasteiger charge is 2.31. The first-order valence-electron chi connectivity index (χ1n) is 10.2. The van der Waals surface area contributed by atoms with Crippen molar-refractivity contribution in [1.29, 1.82) is 0 Å². The van der Waals surface area contributed by atoms with Gasteiger partial charge in [-0.1, -0.05) is 29.3 Å². The minimum Gasteiger partial charge on any atom is -0.462 e. The van der Waals surface area contributed by atoms with Crippen molar-refractivity contribution in [3.8, 4) is 0 Å². The molecule has 1 fully saturated rings. The number of carbonyl (C=O) groups is 2. The molecule has 0 radical (unpaired) electrons. The molecule has 7 nitrogen and oxygen atoms in total. The van der Waals surface area contributed by atoms with Crippen LogP contribution in [0.2, 0.25) is 10.0 Å². The molecule has 0 spiro atoms. The van der Waals surface area contributed by atoms with E-state index in [1.165, 1.54) is 10.4 Å². The first kappa shape index (κ1) is 24.5. The van der Waals surface area contributed by atoms with E-state index in [2.05, 4.69) is 5.32 Å². The quantitative estimate of drug-likeness (QED) is 0.572. The number of nitrogens with zero attached hydrogens (tertiary/aromatic N) is 1. The number of esters is 1. The fraction of sp³-hybridized carbons (Fsp3) is 0.364. The Bertz CT molecular complexity index is 1080. The summed E-state index contributed by atoms with van der Waals surface area (Å²) in [4.78, 5) is 24.3.